The summed E-state index contributed by atoms with van der Waals surface area (Å²) in [4.78, 5) is 19.0. The monoisotopic (exact) mass is 378 g/mol. The Morgan fingerprint density at radius 3 is 2.52 bits per heavy atom. The van der Waals surface area contributed by atoms with Gasteiger partial charge in [0.2, 0.25) is 5.95 Å². The van der Waals surface area contributed by atoms with Crippen LogP contribution in [0, 0.1) is 6.92 Å². The minimum atomic E-state index is -0.149. The second-order valence-electron chi connectivity index (χ2n) is 6.71. The summed E-state index contributed by atoms with van der Waals surface area (Å²) < 4.78 is 1.88. The highest BCUT2D eigenvalue weighted by atomic mass is 35.5. The van der Waals surface area contributed by atoms with Crippen LogP contribution >= 0.6 is 11.6 Å². The van der Waals surface area contributed by atoms with E-state index in [1.807, 2.05) is 79.0 Å². The molecule has 3 aromatic rings. The molecular weight excluding hydrogens is 360 g/mol. The normalized spacial score (nSPS) is 14.4. The fourth-order valence-electron chi connectivity index (χ4n) is 3.14. The van der Waals surface area contributed by atoms with Crippen LogP contribution in [-0.2, 0) is 4.79 Å². The number of anilines is 2. The smallest absolute Gasteiger partial charge is 0.256 e. The highest BCUT2D eigenvalue weighted by Crippen LogP contribution is 2.35. The first-order valence-electron chi connectivity index (χ1n) is 8.61. The average molecular weight is 379 g/mol. The molecule has 136 valence electrons. The summed E-state index contributed by atoms with van der Waals surface area (Å²) in [6.45, 7) is 2.04. The zero-order chi connectivity index (χ0) is 19.1. The van der Waals surface area contributed by atoms with Crippen molar-refractivity contribution < 1.29 is 4.79 Å². The number of hydrogen-bond donors (Lipinski definition) is 1. The second-order valence-corrected chi connectivity index (χ2v) is 7.07. The van der Waals surface area contributed by atoms with Crippen molar-refractivity contribution in [2.24, 2.45) is 0 Å². The lowest BCUT2D eigenvalue weighted by Crippen LogP contribution is -2.14. The molecule has 1 N–H and O–H groups in total. The predicted molar refractivity (Wildman–Crippen MR) is 111 cm³/mol. The van der Waals surface area contributed by atoms with E-state index < -0.39 is 0 Å². The fourth-order valence-corrected chi connectivity index (χ4v) is 3.41. The molecule has 0 radical (unpaired) electrons. The van der Waals surface area contributed by atoms with Gasteiger partial charge in [-0.2, -0.15) is 0 Å². The van der Waals surface area contributed by atoms with E-state index in [1.165, 1.54) is 5.56 Å². The standard InChI is InChI=1S/C21H19ClN4O/c1-13-8-10-14(11-9-13)26-19(22)18(24-21(26)25(2)3)12-16-15-6-4-5-7-17(15)23-20(16)27/h4-12H,1-3H3,(H,23,27)/b16-12+. The molecule has 1 aliphatic heterocycles. The number of amides is 1. The zero-order valence-electron chi connectivity index (χ0n) is 15.3. The molecule has 0 spiro atoms. The number of rotatable bonds is 3. The van der Waals surface area contributed by atoms with E-state index in [-0.39, 0.29) is 5.91 Å². The summed E-state index contributed by atoms with van der Waals surface area (Å²) in [5, 5.41) is 3.34. The molecule has 1 amide bonds. The number of benzene rings is 2. The number of carbonyl (C=O) groups excluding carboxylic acids is 1. The van der Waals surface area contributed by atoms with Crippen LogP contribution in [0.3, 0.4) is 0 Å². The van der Waals surface area contributed by atoms with E-state index in [0.29, 0.717) is 22.4 Å². The van der Waals surface area contributed by atoms with Crippen LogP contribution in [0.1, 0.15) is 16.8 Å². The van der Waals surface area contributed by atoms with Gasteiger partial charge in [-0.05, 0) is 31.2 Å². The minimum absolute atomic E-state index is 0.149. The van der Waals surface area contributed by atoms with Gasteiger partial charge in [0.05, 0.1) is 5.57 Å². The Labute approximate surface area is 162 Å². The molecule has 0 bridgehead atoms. The average Bonchev–Trinajstić information content (AvgIpc) is 3.14. The van der Waals surface area contributed by atoms with E-state index in [2.05, 4.69) is 10.3 Å². The summed E-state index contributed by atoms with van der Waals surface area (Å²) >= 11 is 6.70. The quantitative estimate of drug-likeness (QED) is 0.687. The summed E-state index contributed by atoms with van der Waals surface area (Å²) in [6, 6.07) is 15.7. The van der Waals surface area contributed by atoms with Crippen molar-refractivity contribution in [3.8, 4) is 5.69 Å². The summed E-state index contributed by atoms with van der Waals surface area (Å²) in [5.41, 5.74) is 4.87. The third-order valence-corrected chi connectivity index (χ3v) is 4.87. The van der Waals surface area contributed by atoms with Gasteiger partial charge in [0.1, 0.15) is 10.8 Å². The lowest BCUT2D eigenvalue weighted by atomic mass is 10.1. The lowest BCUT2D eigenvalue weighted by Gasteiger charge is -2.15. The largest absolute Gasteiger partial charge is 0.348 e. The molecule has 0 saturated heterocycles. The fraction of sp³-hybridized carbons (Fsp3) is 0.143. The third-order valence-electron chi connectivity index (χ3n) is 4.51. The van der Waals surface area contributed by atoms with Crippen LogP contribution in [0.4, 0.5) is 11.6 Å². The Morgan fingerprint density at radius 1 is 1.11 bits per heavy atom. The van der Waals surface area contributed by atoms with E-state index in [1.54, 1.807) is 6.08 Å². The number of nitrogens with one attached hydrogen (secondary N) is 1. The maximum absolute atomic E-state index is 12.4. The molecular formula is C21H19ClN4O. The maximum Gasteiger partial charge on any atom is 0.256 e. The Kier molecular flexibility index (Phi) is 4.24. The zero-order valence-corrected chi connectivity index (χ0v) is 16.1. The van der Waals surface area contributed by atoms with Crippen LogP contribution < -0.4 is 10.2 Å². The first-order valence-corrected chi connectivity index (χ1v) is 8.98. The molecule has 0 fully saturated rings. The van der Waals surface area contributed by atoms with Gasteiger partial charge in [0.15, 0.2) is 0 Å². The molecule has 6 heteroatoms. The Hall–Kier alpha value is -3.05. The second kappa shape index (κ2) is 6.59. The number of fused-ring (bicyclic) bond motifs is 1. The molecule has 2 heterocycles. The number of aryl methyl sites for hydroxylation is 1. The SMILES string of the molecule is Cc1ccc(-n2c(N(C)C)nc(/C=C3/C(=O)Nc4ccccc43)c2Cl)cc1. The van der Waals surface area contributed by atoms with Gasteiger partial charge in [0.25, 0.3) is 5.91 Å². The molecule has 4 rings (SSSR count). The highest BCUT2D eigenvalue weighted by Gasteiger charge is 2.25. The number of para-hydroxylation sites is 1. The van der Waals surface area contributed by atoms with Crippen molar-refractivity contribution in [2.75, 3.05) is 24.3 Å². The molecule has 0 aliphatic carbocycles. The van der Waals surface area contributed by atoms with Crippen LogP contribution in [-0.4, -0.2) is 29.6 Å². The number of carbonyl (C=O) groups is 1. The topological polar surface area (TPSA) is 50.2 Å². The molecule has 0 unspecified atom stereocenters. The number of nitrogens with zero attached hydrogens (tertiary/aromatic N) is 3. The molecule has 2 aromatic carbocycles. The van der Waals surface area contributed by atoms with Crippen molar-refractivity contribution in [3.63, 3.8) is 0 Å². The van der Waals surface area contributed by atoms with E-state index >= 15 is 0 Å². The van der Waals surface area contributed by atoms with Crippen molar-refractivity contribution in [1.82, 2.24) is 9.55 Å². The Morgan fingerprint density at radius 2 is 1.81 bits per heavy atom. The first-order chi connectivity index (χ1) is 13.0. The molecule has 0 atom stereocenters. The Bertz CT molecular complexity index is 1060. The van der Waals surface area contributed by atoms with Gasteiger partial charge < -0.3 is 10.2 Å². The maximum atomic E-state index is 12.4. The number of halogens is 1. The summed E-state index contributed by atoms with van der Waals surface area (Å²) in [7, 11) is 3.83. The van der Waals surface area contributed by atoms with Crippen molar-refractivity contribution in [3.05, 3.63) is 70.5 Å². The minimum Gasteiger partial charge on any atom is -0.348 e. The number of aromatic nitrogens is 2. The molecule has 1 aliphatic rings. The van der Waals surface area contributed by atoms with Crippen LogP contribution in [0.5, 0.6) is 0 Å². The molecule has 0 saturated carbocycles. The van der Waals surface area contributed by atoms with Gasteiger partial charge in [-0.25, -0.2) is 4.98 Å². The van der Waals surface area contributed by atoms with Gasteiger partial charge >= 0.3 is 0 Å². The van der Waals surface area contributed by atoms with Gasteiger partial charge in [-0.1, -0.05) is 47.5 Å². The van der Waals surface area contributed by atoms with Crippen LogP contribution in [0.15, 0.2) is 48.5 Å². The molecule has 27 heavy (non-hydrogen) atoms. The lowest BCUT2D eigenvalue weighted by molar-refractivity contribution is -0.110. The summed E-state index contributed by atoms with van der Waals surface area (Å²) in [5.74, 6) is 0.547. The van der Waals surface area contributed by atoms with E-state index in [0.717, 1.165) is 16.9 Å². The van der Waals surface area contributed by atoms with Crippen molar-refractivity contribution in [1.29, 1.82) is 0 Å². The Balaban J connectivity index is 1.87. The number of hydrogen-bond acceptors (Lipinski definition) is 3. The van der Waals surface area contributed by atoms with Gasteiger partial charge in [-0.15, -0.1) is 0 Å². The molecule has 1 aromatic heterocycles. The predicted octanol–water partition coefficient (Wildman–Crippen LogP) is 4.39. The van der Waals surface area contributed by atoms with E-state index in [4.69, 9.17) is 11.6 Å². The first kappa shape index (κ1) is 17.4. The van der Waals surface area contributed by atoms with Crippen LogP contribution in [0.2, 0.25) is 5.15 Å². The van der Waals surface area contributed by atoms with Gasteiger partial charge in [0, 0.05) is 31.0 Å². The molecule has 5 nitrogen and oxygen atoms in total. The van der Waals surface area contributed by atoms with Crippen molar-refractivity contribution in [2.45, 2.75) is 6.92 Å². The third kappa shape index (κ3) is 3.00. The van der Waals surface area contributed by atoms with Crippen molar-refractivity contribution >= 4 is 40.8 Å². The number of imidazole rings is 1. The van der Waals surface area contributed by atoms with Crippen LogP contribution in [0.25, 0.3) is 17.3 Å². The summed E-state index contributed by atoms with van der Waals surface area (Å²) in [6.07, 6.45) is 1.75. The van der Waals surface area contributed by atoms with E-state index in [9.17, 15) is 4.79 Å². The highest BCUT2D eigenvalue weighted by molar-refractivity contribution is 6.36. The van der Waals surface area contributed by atoms with Gasteiger partial charge in [-0.3, -0.25) is 9.36 Å².